The second kappa shape index (κ2) is 4.34. The minimum absolute atomic E-state index is 0.136. The fraction of sp³-hybridized carbons (Fsp3) is 0.818. The summed E-state index contributed by atoms with van der Waals surface area (Å²) in [5.41, 5.74) is 0. The Morgan fingerprint density at radius 2 is 1.94 bits per heavy atom. The van der Waals surface area contributed by atoms with Gasteiger partial charge in [-0.25, -0.2) is 0 Å². The van der Waals surface area contributed by atoms with Crippen LogP contribution in [0.5, 0.6) is 0 Å². The fourth-order valence-electron chi connectivity index (χ4n) is 2.55. The summed E-state index contributed by atoms with van der Waals surface area (Å²) in [5.74, 6) is -1.17. The minimum Gasteiger partial charge on any atom is -0.394 e. The molecule has 4 nitrogen and oxygen atoms in total. The number of carbonyl (C=O) groups is 2. The van der Waals surface area contributed by atoms with Crippen molar-refractivity contribution < 1.29 is 14.7 Å². The lowest BCUT2D eigenvalue weighted by Gasteiger charge is -2.31. The Bertz CT molecular complexity index is 314. The first-order chi connectivity index (χ1) is 7.58. The molecule has 1 atom stereocenters. The Kier molecular flexibility index (Phi) is 3.22. The molecule has 1 unspecified atom stereocenters. The largest absolute Gasteiger partial charge is 0.394 e. The number of nitrogens with zero attached hydrogens (tertiary/aromatic N) is 1. The molecule has 90 valence electrons. The number of halogens is 1. The van der Waals surface area contributed by atoms with Crippen LogP contribution in [0.3, 0.4) is 0 Å². The maximum atomic E-state index is 11.8. The first kappa shape index (κ1) is 11.9. The molecule has 16 heavy (non-hydrogen) atoms. The van der Waals surface area contributed by atoms with E-state index in [0.717, 1.165) is 25.7 Å². The number of alkyl halides is 1. The third-order valence-electron chi connectivity index (χ3n) is 3.55. The van der Waals surface area contributed by atoms with Crippen LogP contribution < -0.4 is 0 Å². The van der Waals surface area contributed by atoms with Crippen LogP contribution in [0, 0.1) is 0 Å². The smallest absolute Gasteiger partial charge is 0.292 e. The zero-order valence-corrected chi connectivity index (χ0v) is 9.87. The lowest BCUT2D eigenvalue weighted by Crippen LogP contribution is -2.40. The number of Topliss-reactive ketones (excluding diaryl/α,β-unsaturated/α-hetero) is 1. The highest BCUT2D eigenvalue weighted by atomic mass is 35.5. The van der Waals surface area contributed by atoms with Gasteiger partial charge in [-0.3, -0.25) is 9.59 Å². The maximum absolute atomic E-state index is 11.8. The number of hydrogen-bond acceptors (Lipinski definition) is 3. The second-order valence-electron chi connectivity index (χ2n) is 4.68. The van der Waals surface area contributed by atoms with E-state index < -0.39 is 23.2 Å². The molecule has 2 fully saturated rings. The highest BCUT2D eigenvalue weighted by Crippen LogP contribution is 2.31. The molecular formula is C11H16ClNO3. The van der Waals surface area contributed by atoms with E-state index >= 15 is 0 Å². The summed E-state index contributed by atoms with van der Waals surface area (Å²) in [6, 6.07) is 0.136. The molecule has 1 aliphatic heterocycles. The van der Waals surface area contributed by atoms with Gasteiger partial charge in [-0.1, -0.05) is 19.3 Å². The van der Waals surface area contributed by atoms with Crippen LogP contribution >= 0.6 is 11.6 Å². The summed E-state index contributed by atoms with van der Waals surface area (Å²) in [6.45, 7) is -0.310. The van der Waals surface area contributed by atoms with Crippen molar-refractivity contribution >= 4 is 23.3 Å². The van der Waals surface area contributed by atoms with Gasteiger partial charge in [0.2, 0.25) is 5.78 Å². The van der Waals surface area contributed by atoms with Crippen molar-refractivity contribution in [1.29, 1.82) is 0 Å². The van der Waals surface area contributed by atoms with Gasteiger partial charge in [0.1, 0.15) is 0 Å². The first-order valence-electron chi connectivity index (χ1n) is 5.74. The number of amides is 1. The zero-order chi connectivity index (χ0) is 11.8. The SMILES string of the molecule is O=C1C(=O)C(Cl)(CO)CN1C1CCCCC1. The van der Waals surface area contributed by atoms with Gasteiger partial charge in [0.15, 0.2) is 4.87 Å². The van der Waals surface area contributed by atoms with E-state index in [0.29, 0.717) is 0 Å². The second-order valence-corrected chi connectivity index (χ2v) is 5.40. The van der Waals surface area contributed by atoms with Gasteiger partial charge in [-0.2, -0.15) is 0 Å². The van der Waals surface area contributed by atoms with Crippen molar-refractivity contribution in [2.24, 2.45) is 0 Å². The van der Waals surface area contributed by atoms with Gasteiger partial charge in [0, 0.05) is 6.04 Å². The highest BCUT2D eigenvalue weighted by Gasteiger charge is 2.52. The molecule has 1 saturated heterocycles. The van der Waals surface area contributed by atoms with E-state index in [1.165, 1.54) is 6.42 Å². The molecule has 1 heterocycles. The number of rotatable bonds is 2. The standard InChI is InChI=1S/C11H16ClNO3/c12-11(7-14)6-13(10(16)9(11)15)8-4-2-1-3-5-8/h8,14H,1-7H2. The van der Waals surface area contributed by atoms with Gasteiger partial charge in [-0.05, 0) is 12.8 Å². The lowest BCUT2D eigenvalue weighted by atomic mass is 9.94. The van der Waals surface area contributed by atoms with Crippen molar-refractivity contribution in [2.75, 3.05) is 13.2 Å². The number of ketones is 1. The summed E-state index contributed by atoms with van der Waals surface area (Å²) in [5, 5.41) is 9.10. The Hall–Kier alpha value is -0.610. The average Bonchev–Trinajstić information content (AvgIpc) is 2.56. The van der Waals surface area contributed by atoms with Gasteiger partial charge < -0.3 is 10.0 Å². The minimum atomic E-state index is -1.39. The molecule has 1 saturated carbocycles. The zero-order valence-electron chi connectivity index (χ0n) is 9.12. The van der Waals surface area contributed by atoms with Crippen LogP contribution in [0.2, 0.25) is 0 Å². The van der Waals surface area contributed by atoms with E-state index in [2.05, 4.69) is 0 Å². The molecule has 0 bridgehead atoms. The molecule has 0 spiro atoms. The summed E-state index contributed by atoms with van der Waals surface area (Å²) in [7, 11) is 0. The molecule has 1 aliphatic carbocycles. The average molecular weight is 246 g/mol. The lowest BCUT2D eigenvalue weighted by molar-refractivity contribution is -0.142. The van der Waals surface area contributed by atoms with Crippen LogP contribution in [0.4, 0.5) is 0 Å². The van der Waals surface area contributed by atoms with E-state index in [9.17, 15) is 9.59 Å². The van der Waals surface area contributed by atoms with Gasteiger partial charge >= 0.3 is 0 Å². The number of carbonyl (C=O) groups excluding carboxylic acids is 2. The Morgan fingerprint density at radius 3 is 2.44 bits per heavy atom. The normalized spacial score (nSPS) is 32.5. The number of aliphatic hydroxyl groups is 1. The Balaban J connectivity index is 2.12. The van der Waals surface area contributed by atoms with Crippen LogP contribution in [0.25, 0.3) is 0 Å². The molecule has 0 aromatic heterocycles. The topological polar surface area (TPSA) is 57.6 Å². The highest BCUT2D eigenvalue weighted by molar-refractivity contribution is 6.54. The van der Waals surface area contributed by atoms with E-state index in [1.807, 2.05) is 0 Å². The van der Waals surface area contributed by atoms with E-state index in [4.69, 9.17) is 16.7 Å². The van der Waals surface area contributed by atoms with Crippen molar-refractivity contribution in [3.63, 3.8) is 0 Å². The molecule has 0 aromatic carbocycles. The summed E-state index contributed by atoms with van der Waals surface area (Å²) in [6.07, 6.45) is 5.27. The molecular weight excluding hydrogens is 230 g/mol. The first-order valence-corrected chi connectivity index (χ1v) is 6.11. The van der Waals surface area contributed by atoms with Crippen LogP contribution in [-0.2, 0) is 9.59 Å². The van der Waals surface area contributed by atoms with Gasteiger partial charge in [0.05, 0.1) is 13.2 Å². The van der Waals surface area contributed by atoms with Crippen molar-refractivity contribution in [3.8, 4) is 0 Å². The van der Waals surface area contributed by atoms with Crippen LogP contribution in [0.15, 0.2) is 0 Å². The molecule has 5 heteroatoms. The number of aliphatic hydroxyl groups excluding tert-OH is 1. The molecule has 1 amide bonds. The maximum Gasteiger partial charge on any atom is 0.292 e. The van der Waals surface area contributed by atoms with Crippen molar-refractivity contribution in [1.82, 2.24) is 4.90 Å². The van der Waals surface area contributed by atoms with Crippen LogP contribution in [-0.4, -0.2) is 45.8 Å². The summed E-state index contributed by atoms with van der Waals surface area (Å²) < 4.78 is 0. The molecule has 0 aromatic rings. The van der Waals surface area contributed by atoms with Crippen LogP contribution in [0.1, 0.15) is 32.1 Å². The molecule has 1 N–H and O–H groups in total. The third kappa shape index (κ3) is 1.84. The number of hydrogen-bond donors (Lipinski definition) is 1. The van der Waals surface area contributed by atoms with Gasteiger partial charge in [-0.15, -0.1) is 11.6 Å². The predicted octanol–water partition coefficient (Wildman–Crippen LogP) is 0.700. The third-order valence-corrected chi connectivity index (χ3v) is 3.96. The van der Waals surface area contributed by atoms with Crippen molar-refractivity contribution in [2.45, 2.75) is 43.0 Å². The quantitative estimate of drug-likeness (QED) is 0.576. The monoisotopic (exact) mass is 245 g/mol. The number of likely N-dealkylation sites (tertiary alicyclic amines) is 1. The van der Waals surface area contributed by atoms with Gasteiger partial charge in [0.25, 0.3) is 5.91 Å². The van der Waals surface area contributed by atoms with Crippen molar-refractivity contribution in [3.05, 3.63) is 0 Å². The molecule has 2 rings (SSSR count). The molecule has 2 aliphatic rings. The van der Waals surface area contributed by atoms with E-state index in [-0.39, 0.29) is 12.6 Å². The Morgan fingerprint density at radius 1 is 1.31 bits per heavy atom. The Labute approximate surface area is 99.6 Å². The summed E-state index contributed by atoms with van der Waals surface area (Å²) >= 11 is 5.95. The summed E-state index contributed by atoms with van der Waals surface area (Å²) in [4.78, 5) is 23.6. The predicted molar refractivity (Wildman–Crippen MR) is 59.3 cm³/mol. The van der Waals surface area contributed by atoms with E-state index in [1.54, 1.807) is 4.90 Å². The fourth-order valence-corrected chi connectivity index (χ4v) is 2.75. The molecule has 0 radical (unpaired) electrons.